The maximum atomic E-state index is 13.7. The number of carbonyl (C=O) groups excluding carboxylic acids is 1. The Kier molecular flexibility index (Phi) is 5.27. The van der Waals surface area contributed by atoms with Gasteiger partial charge >= 0.3 is 0 Å². The largest absolute Gasteiger partial charge is 0.483 e. The van der Waals surface area contributed by atoms with Crippen LogP contribution in [-0.4, -0.2) is 11.9 Å². The first-order valence-corrected chi connectivity index (χ1v) is 11.4. The Morgan fingerprint density at radius 1 is 1.13 bits per heavy atom. The molecule has 4 saturated carbocycles. The highest BCUT2D eigenvalue weighted by Crippen LogP contribution is 2.61. The van der Waals surface area contributed by atoms with Gasteiger partial charge in [-0.2, -0.15) is 0 Å². The van der Waals surface area contributed by atoms with Gasteiger partial charge in [-0.3, -0.25) is 4.79 Å². The first-order valence-electron chi connectivity index (χ1n) is 11.4. The molecule has 4 fully saturated rings. The smallest absolute Gasteiger partial charge is 0.287 e. The molecule has 4 nitrogen and oxygen atoms in total. The summed E-state index contributed by atoms with van der Waals surface area (Å²) in [5.41, 5.74) is 0.234. The minimum Gasteiger partial charge on any atom is -0.483 e. The third kappa shape index (κ3) is 3.97. The van der Waals surface area contributed by atoms with Crippen molar-refractivity contribution in [2.45, 2.75) is 64.5 Å². The highest BCUT2D eigenvalue weighted by Gasteiger charge is 2.54. The predicted octanol–water partition coefficient (Wildman–Crippen LogP) is 5.86. The molecule has 0 spiro atoms. The van der Waals surface area contributed by atoms with Gasteiger partial charge in [-0.15, -0.1) is 0 Å². The number of ether oxygens (including phenoxy) is 1. The second-order valence-corrected chi connectivity index (χ2v) is 9.84. The number of furan rings is 1. The molecule has 1 unspecified atom stereocenters. The molecule has 6 heteroatoms. The zero-order chi connectivity index (χ0) is 21.6. The van der Waals surface area contributed by atoms with Crippen molar-refractivity contribution in [3.63, 3.8) is 0 Å². The second kappa shape index (κ2) is 7.95. The van der Waals surface area contributed by atoms with E-state index in [1.54, 1.807) is 12.1 Å². The molecule has 166 valence electrons. The van der Waals surface area contributed by atoms with E-state index in [9.17, 15) is 13.6 Å². The van der Waals surface area contributed by atoms with E-state index in [1.807, 2.05) is 0 Å². The average Bonchev–Trinajstić information content (AvgIpc) is 3.19. The predicted molar refractivity (Wildman–Crippen MR) is 112 cm³/mol. The molecule has 2 aromatic rings. The van der Waals surface area contributed by atoms with Gasteiger partial charge in [0.15, 0.2) is 17.3 Å². The standard InChI is InChI=1S/C25H29F2NO3/c1-2-23(25-11-15-7-16(12-25)9-17(8-15)13-25)28-24(29)22-6-4-19(31-22)14-30-21-5-3-18(26)10-20(21)27/h3-6,10,15-17,23H,2,7-9,11-14H2,1H3,(H,28,29). The van der Waals surface area contributed by atoms with Crippen LogP contribution < -0.4 is 10.1 Å². The summed E-state index contributed by atoms with van der Waals surface area (Å²) in [5, 5.41) is 3.27. The summed E-state index contributed by atoms with van der Waals surface area (Å²) in [6.45, 7) is 2.12. The van der Waals surface area contributed by atoms with Crippen LogP contribution in [0.5, 0.6) is 5.75 Å². The molecule has 1 heterocycles. The van der Waals surface area contributed by atoms with E-state index < -0.39 is 11.6 Å². The summed E-state index contributed by atoms with van der Waals surface area (Å²) in [5.74, 6) is 1.44. The van der Waals surface area contributed by atoms with Gasteiger partial charge in [-0.05, 0) is 92.4 Å². The van der Waals surface area contributed by atoms with E-state index in [2.05, 4.69) is 12.2 Å². The van der Waals surface area contributed by atoms with Gasteiger partial charge in [0.05, 0.1) is 0 Å². The highest BCUT2D eigenvalue weighted by molar-refractivity contribution is 5.91. The van der Waals surface area contributed by atoms with Gasteiger partial charge in [0.1, 0.15) is 18.2 Å². The van der Waals surface area contributed by atoms with Gasteiger partial charge < -0.3 is 14.5 Å². The number of amides is 1. The number of carbonyl (C=O) groups is 1. The monoisotopic (exact) mass is 429 g/mol. The summed E-state index contributed by atoms with van der Waals surface area (Å²) in [6.07, 6.45) is 8.74. The van der Waals surface area contributed by atoms with Gasteiger partial charge in [0.25, 0.3) is 5.91 Å². The number of hydrogen-bond acceptors (Lipinski definition) is 3. The molecule has 1 atom stereocenters. The number of hydrogen-bond donors (Lipinski definition) is 1. The third-order valence-electron chi connectivity index (χ3n) is 7.69. The van der Waals surface area contributed by atoms with Crippen molar-refractivity contribution in [3.8, 4) is 5.75 Å². The fourth-order valence-electron chi connectivity index (χ4n) is 6.84. The summed E-state index contributed by atoms with van der Waals surface area (Å²) >= 11 is 0. The molecule has 1 aromatic carbocycles. The van der Waals surface area contributed by atoms with E-state index in [4.69, 9.17) is 9.15 Å². The van der Waals surface area contributed by atoms with Crippen LogP contribution in [0.2, 0.25) is 0 Å². The van der Waals surface area contributed by atoms with Gasteiger partial charge in [0, 0.05) is 12.1 Å². The van der Waals surface area contributed by atoms with Crippen molar-refractivity contribution in [3.05, 3.63) is 53.5 Å². The SMILES string of the molecule is CCC(NC(=O)c1ccc(COc2ccc(F)cc2F)o1)C12CC3CC(CC(C3)C1)C2. The summed E-state index contributed by atoms with van der Waals surface area (Å²) in [6, 6.07) is 6.58. The Labute approximate surface area is 181 Å². The van der Waals surface area contributed by atoms with E-state index in [1.165, 1.54) is 44.6 Å². The molecule has 0 saturated heterocycles. The van der Waals surface area contributed by atoms with Crippen LogP contribution in [0.4, 0.5) is 8.78 Å². The lowest BCUT2D eigenvalue weighted by molar-refractivity contribution is -0.0728. The first kappa shape index (κ1) is 20.5. The Morgan fingerprint density at radius 3 is 2.42 bits per heavy atom. The summed E-state index contributed by atoms with van der Waals surface area (Å²) < 4.78 is 37.8. The molecule has 6 rings (SSSR count). The van der Waals surface area contributed by atoms with Crippen LogP contribution in [0.1, 0.15) is 68.2 Å². The first-order chi connectivity index (χ1) is 14.9. The summed E-state index contributed by atoms with van der Waals surface area (Å²) in [4.78, 5) is 12.9. The number of benzene rings is 1. The Balaban J connectivity index is 1.23. The molecule has 1 amide bonds. The molecule has 1 N–H and O–H groups in total. The third-order valence-corrected chi connectivity index (χ3v) is 7.69. The fraction of sp³-hybridized carbons (Fsp3) is 0.560. The maximum Gasteiger partial charge on any atom is 0.287 e. The van der Waals surface area contributed by atoms with E-state index in [-0.39, 0.29) is 35.5 Å². The average molecular weight is 430 g/mol. The van der Waals surface area contributed by atoms with Crippen molar-refractivity contribution in [2.24, 2.45) is 23.2 Å². The molecule has 31 heavy (non-hydrogen) atoms. The van der Waals surface area contributed by atoms with Crippen molar-refractivity contribution in [1.82, 2.24) is 5.32 Å². The Morgan fingerprint density at radius 2 is 1.81 bits per heavy atom. The van der Waals surface area contributed by atoms with Crippen LogP contribution in [0.3, 0.4) is 0 Å². The minimum absolute atomic E-state index is 0.0397. The quantitative estimate of drug-likeness (QED) is 0.600. The lowest BCUT2D eigenvalue weighted by Crippen LogP contribution is -2.56. The van der Waals surface area contributed by atoms with Crippen LogP contribution in [-0.2, 0) is 6.61 Å². The minimum atomic E-state index is -0.772. The van der Waals surface area contributed by atoms with Crippen molar-refractivity contribution in [2.75, 3.05) is 0 Å². The molecule has 0 aliphatic heterocycles. The Bertz CT molecular complexity index is 934. The maximum absolute atomic E-state index is 13.7. The van der Waals surface area contributed by atoms with Crippen molar-refractivity contribution in [1.29, 1.82) is 0 Å². The van der Waals surface area contributed by atoms with Crippen LogP contribution in [0.25, 0.3) is 0 Å². The lowest BCUT2D eigenvalue weighted by atomic mass is 9.47. The highest BCUT2D eigenvalue weighted by atomic mass is 19.1. The van der Waals surface area contributed by atoms with Gasteiger partial charge in [0.2, 0.25) is 0 Å². The molecule has 1 aromatic heterocycles. The van der Waals surface area contributed by atoms with Crippen LogP contribution in [0, 0.1) is 34.8 Å². The molecular weight excluding hydrogens is 400 g/mol. The van der Waals surface area contributed by atoms with E-state index in [0.717, 1.165) is 36.3 Å². The molecular formula is C25H29F2NO3. The topological polar surface area (TPSA) is 51.5 Å². The molecule has 0 radical (unpaired) electrons. The van der Waals surface area contributed by atoms with E-state index in [0.29, 0.717) is 5.76 Å². The molecule has 4 aliphatic rings. The zero-order valence-electron chi connectivity index (χ0n) is 17.8. The molecule has 4 aliphatic carbocycles. The van der Waals surface area contributed by atoms with Crippen molar-refractivity contribution >= 4 is 5.91 Å². The number of halogens is 2. The Hall–Kier alpha value is -2.37. The summed E-state index contributed by atoms with van der Waals surface area (Å²) in [7, 11) is 0. The van der Waals surface area contributed by atoms with Crippen molar-refractivity contribution < 1.29 is 22.7 Å². The van der Waals surface area contributed by atoms with Gasteiger partial charge in [-0.25, -0.2) is 8.78 Å². The number of nitrogens with one attached hydrogen (secondary N) is 1. The second-order valence-electron chi connectivity index (χ2n) is 9.84. The number of rotatable bonds is 7. The van der Waals surface area contributed by atoms with E-state index >= 15 is 0 Å². The lowest BCUT2D eigenvalue weighted by Gasteiger charge is -2.59. The fourth-order valence-corrected chi connectivity index (χ4v) is 6.84. The zero-order valence-corrected chi connectivity index (χ0v) is 17.8. The van der Waals surface area contributed by atoms with Gasteiger partial charge in [-0.1, -0.05) is 6.92 Å². The van der Waals surface area contributed by atoms with Crippen LogP contribution >= 0.6 is 0 Å². The normalized spacial score (nSPS) is 29.7. The van der Waals surface area contributed by atoms with Crippen LogP contribution in [0.15, 0.2) is 34.7 Å². The molecule has 4 bridgehead atoms.